The molecule has 8 aromatic rings. The quantitative estimate of drug-likeness (QED) is 0.196. The molecule has 0 N–H and O–H groups in total. The number of rotatable bonds is 1. The van der Waals surface area contributed by atoms with Crippen molar-refractivity contribution >= 4 is 82.5 Å². The smallest absolute Gasteiger partial charge is 0.333 e. The highest BCUT2D eigenvalue weighted by atomic mass is 32.1. The minimum Gasteiger partial charge on any atom is -0.376 e. The molecule has 0 spiro atoms. The first-order chi connectivity index (χ1) is 19.9. The predicted octanol–water partition coefficient (Wildman–Crippen LogP) is 8.39. The third kappa shape index (κ3) is 2.51. The number of aromatic nitrogens is 1. The zero-order chi connectivity index (χ0) is 25.9. The summed E-state index contributed by atoms with van der Waals surface area (Å²) in [4.78, 5) is 2.56. The molecule has 6 aromatic carbocycles. The van der Waals surface area contributed by atoms with Crippen LogP contribution < -0.4 is 15.7 Å². The van der Waals surface area contributed by atoms with E-state index in [1.807, 2.05) is 11.3 Å². The summed E-state index contributed by atoms with van der Waals surface area (Å²) in [7, 11) is 0. The highest BCUT2D eigenvalue weighted by Gasteiger charge is 2.43. The lowest BCUT2D eigenvalue weighted by atomic mass is 9.44. The topological polar surface area (TPSA) is 8.17 Å². The number of nitrogens with zero attached hydrogens (tertiary/aromatic N) is 2. The molecule has 2 nitrogen and oxygen atoms in total. The fraction of sp³-hybridized carbons (Fsp3) is 0. The SMILES string of the molecule is c1ccc(N2B3c4ccccc4-n4c5cc6sc7ccccc7c6cc5c5ccc(c3c54)-c3ccccc32)cc1. The van der Waals surface area contributed by atoms with E-state index in [0.717, 1.165) is 0 Å². The maximum Gasteiger partial charge on any atom is 0.333 e. The molecule has 2 aliphatic heterocycles. The molecule has 2 aliphatic rings. The second-order valence-electron chi connectivity index (χ2n) is 10.9. The molecule has 40 heavy (non-hydrogen) atoms. The average molecular weight is 524 g/mol. The highest BCUT2D eigenvalue weighted by molar-refractivity contribution is 7.25. The molecule has 4 heterocycles. The molecule has 0 aliphatic carbocycles. The van der Waals surface area contributed by atoms with E-state index in [1.165, 1.54) is 81.1 Å². The van der Waals surface area contributed by atoms with Gasteiger partial charge in [-0.15, -0.1) is 11.3 Å². The third-order valence-electron chi connectivity index (χ3n) is 8.96. The van der Waals surface area contributed by atoms with Crippen LogP contribution in [0.3, 0.4) is 0 Å². The standard InChI is InChI=1S/C36H21BN2S/c1-2-10-22(11-3-1)39-30-15-7-4-12-23(30)25-18-19-26-27-20-28-24-13-5-9-17-33(24)40-34(28)21-32(27)38-31-16-8-6-14-29(31)37(39)35(25)36(26)38/h1-21H. The summed E-state index contributed by atoms with van der Waals surface area (Å²) in [6.45, 7) is 0.0889. The predicted molar refractivity (Wildman–Crippen MR) is 173 cm³/mol. The summed E-state index contributed by atoms with van der Waals surface area (Å²) in [6, 6.07) is 47.3. The summed E-state index contributed by atoms with van der Waals surface area (Å²) >= 11 is 1.90. The third-order valence-corrected chi connectivity index (χ3v) is 10.1. The van der Waals surface area contributed by atoms with Crippen LogP contribution in [-0.4, -0.2) is 11.4 Å². The maximum absolute atomic E-state index is 2.56. The zero-order valence-electron chi connectivity index (χ0n) is 21.5. The molecule has 0 saturated carbocycles. The second-order valence-corrected chi connectivity index (χ2v) is 12.0. The Morgan fingerprint density at radius 3 is 2.23 bits per heavy atom. The van der Waals surface area contributed by atoms with Crippen molar-refractivity contribution in [3.63, 3.8) is 0 Å². The number of thiophene rings is 1. The minimum atomic E-state index is 0.0889. The summed E-state index contributed by atoms with van der Waals surface area (Å²) in [5.74, 6) is 0. The maximum atomic E-state index is 2.56. The Morgan fingerprint density at radius 1 is 0.525 bits per heavy atom. The van der Waals surface area contributed by atoms with E-state index in [2.05, 4.69) is 137 Å². The van der Waals surface area contributed by atoms with E-state index in [-0.39, 0.29) is 6.85 Å². The van der Waals surface area contributed by atoms with E-state index >= 15 is 0 Å². The van der Waals surface area contributed by atoms with Crippen LogP contribution in [0.1, 0.15) is 0 Å². The number of hydrogen-bond donors (Lipinski definition) is 0. The van der Waals surface area contributed by atoms with Crippen molar-refractivity contribution in [2.75, 3.05) is 4.81 Å². The number of hydrogen-bond acceptors (Lipinski definition) is 2. The van der Waals surface area contributed by atoms with Gasteiger partial charge in [0.15, 0.2) is 0 Å². The van der Waals surface area contributed by atoms with Gasteiger partial charge >= 0.3 is 6.85 Å². The summed E-state index contributed by atoms with van der Waals surface area (Å²) in [6.07, 6.45) is 0. The second kappa shape index (κ2) is 7.44. The van der Waals surface area contributed by atoms with Crippen molar-refractivity contribution in [1.29, 1.82) is 0 Å². The Labute approximate surface area is 235 Å². The van der Waals surface area contributed by atoms with Crippen LogP contribution in [0.25, 0.3) is 58.8 Å². The first-order valence-corrected chi connectivity index (χ1v) is 14.6. The lowest BCUT2D eigenvalue weighted by molar-refractivity contribution is 1.18. The molecule has 4 heteroatoms. The van der Waals surface area contributed by atoms with Crippen molar-refractivity contribution in [2.24, 2.45) is 0 Å². The molecule has 0 bridgehead atoms. The van der Waals surface area contributed by atoms with Crippen LogP contribution in [0.2, 0.25) is 0 Å². The van der Waals surface area contributed by atoms with Gasteiger partial charge < -0.3 is 9.38 Å². The molecular weight excluding hydrogens is 503 g/mol. The van der Waals surface area contributed by atoms with Gasteiger partial charge in [0.05, 0.1) is 11.0 Å². The summed E-state index contributed by atoms with van der Waals surface area (Å²) < 4.78 is 5.24. The Kier molecular flexibility index (Phi) is 3.92. The van der Waals surface area contributed by atoms with Gasteiger partial charge in [0, 0.05) is 53.6 Å². The fourth-order valence-corrected chi connectivity index (χ4v) is 8.50. The highest BCUT2D eigenvalue weighted by Crippen LogP contribution is 2.46. The van der Waals surface area contributed by atoms with E-state index in [1.54, 1.807) is 0 Å². The molecule has 184 valence electrons. The van der Waals surface area contributed by atoms with E-state index in [4.69, 9.17) is 0 Å². The van der Waals surface area contributed by atoms with Crippen molar-refractivity contribution in [3.8, 4) is 16.8 Å². The molecular formula is C36H21BN2S. The summed E-state index contributed by atoms with van der Waals surface area (Å²) in [5.41, 5.74) is 11.8. The number of benzene rings is 6. The normalized spacial score (nSPS) is 13.4. The van der Waals surface area contributed by atoms with Crippen LogP contribution in [0.15, 0.2) is 127 Å². The van der Waals surface area contributed by atoms with Crippen molar-refractivity contribution in [1.82, 2.24) is 4.57 Å². The van der Waals surface area contributed by atoms with Gasteiger partial charge in [-0.3, -0.25) is 0 Å². The van der Waals surface area contributed by atoms with Crippen LogP contribution in [0.5, 0.6) is 0 Å². The molecule has 10 rings (SSSR count). The van der Waals surface area contributed by atoms with Gasteiger partial charge in [-0.2, -0.15) is 0 Å². The fourth-order valence-electron chi connectivity index (χ4n) is 7.38. The van der Waals surface area contributed by atoms with Gasteiger partial charge in [-0.05, 0) is 59.0 Å². The Morgan fingerprint density at radius 2 is 1.30 bits per heavy atom. The van der Waals surface area contributed by atoms with Gasteiger partial charge in [0.25, 0.3) is 0 Å². The van der Waals surface area contributed by atoms with Gasteiger partial charge in [-0.1, -0.05) is 84.9 Å². The van der Waals surface area contributed by atoms with Gasteiger partial charge in [-0.25, -0.2) is 0 Å². The van der Waals surface area contributed by atoms with Crippen molar-refractivity contribution < 1.29 is 0 Å². The molecule has 0 amide bonds. The number of para-hydroxylation sites is 3. The lowest BCUT2D eigenvalue weighted by Gasteiger charge is -2.41. The van der Waals surface area contributed by atoms with Crippen molar-refractivity contribution in [3.05, 3.63) is 127 Å². The van der Waals surface area contributed by atoms with Crippen LogP contribution >= 0.6 is 11.3 Å². The van der Waals surface area contributed by atoms with Gasteiger partial charge in [0.2, 0.25) is 0 Å². The Hall–Kier alpha value is -4.80. The molecule has 0 atom stereocenters. The molecule has 0 saturated heterocycles. The average Bonchev–Trinajstić information content (AvgIpc) is 3.54. The van der Waals surface area contributed by atoms with E-state index in [0.29, 0.717) is 0 Å². The monoisotopic (exact) mass is 524 g/mol. The molecule has 0 fully saturated rings. The number of anilines is 2. The summed E-state index contributed by atoms with van der Waals surface area (Å²) in [5, 5.41) is 5.36. The Bertz CT molecular complexity index is 2350. The molecule has 0 radical (unpaired) electrons. The van der Waals surface area contributed by atoms with E-state index in [9.17, 15) is 0 Å². The lowest BCUT2D eigenvalue weighted by Crippen LogP contribution is -2.60. The first kappa shape index (κ1) is 21.1. The molecule has 2 aromatic heterocycles. The van der Waals surface area contributed by atoms with Crippen molar-refractivity contribution in [2.45, 2.75) is 0 Å². The van der Waals surface area contributed by atoms with E-state index < -0.39 is 0 Å². The van der Waals surface area contributed by atoms with Crippen LogP contribution in [0, 0.1) is 0 Å². The Balaban J connectivity index is 1.42. The van der Waals surface area contributed by atoms with Crippen LogP contribution in [-0.2, 0) is 0 Å². The minimum absolute atomic E-state index is 0.0889. The largest absolute Gasteiger partial charge is 0.376 e. The first-order valence-electron chi connectivity index (χ1n) is 13.8. The number of fused-ring (bicyclic) bond motifs is 11. The molecule has 0 unspecified atom stereocenters. The zero-order valence-corrected chi connectivity index (χ0v) is 22.3. The van der Waals surface area contributed by atoms with Crippen LogP contribution in [0.4, 0.5) is 11.4 Å². The van der Waals surface area contributed by atoms with Gasteiger partial charge in [0.1, 0.15) is 0 Å².